The molecule has 0 spiro atoms. The summed E-state index contributed by atoms with van der Waals surface area (Å²) in [6.45, 7) is 2.41. The number of methoxy groups -OCH3 is 1. The highest BCUT2D eigenvalue weighted by Gasteiger charge is 2.38. The molecule has 6 nitrogen and oxygen atoms in total. The van der Waals surface area contributed by atoms with Gasteiger partial charge in [-0.1, -0.05) is 36.2 Å². The van der Waals surface area contributed by atoms with Gasteiger partial charge in [0.25, 0.3) is 11.6 Å². The van der Waals surface area contributed by atoms with E-state index in [0.717, 1.165) is 42.5 Å². The van der Waals surface area contributed by atoms with E-state index in [-0.39, 0.29) is 11.3 Å². The van der Waals surface area contributed by atoms with Crippen molar-refractivity contribution in [2.24, 2.45) is 0 Å². The van der Waals surface area contributed by atoms with Crippen LogP contribution in [0.3, 0.4) is 0 Å². The van der Waals surface area contributed by atoms with Gasteiger partial charge in [0.15, 0.2) is 0 Å². The fraction of sp³-hybridized carbons (Fsp3) is 0.381. The highest BCUT2D eigenvalue weighted by atomic mass is 16.5. The standard InChI is InChI=1S/C21H23N3O3/c1-14-16-11-15(12-22-20(16)27-24-14)19(25)23-13-21(9-5-6-10-21)17-7-3-4-8-18(17)26-2/h3-4,7-8,11-12H,5-6,9-10,13H2,1-2H3,(H,23,25). The molecule has 1 N–H and O–H groups in total. The number of carbonyl (C=O) groups excluding carboxylic acids is 1. The van der Waals surface area contributed by atoms with Gasteiger partial charge in [0, 0.05) is 23.7 Å². The first-order valence-electron chi connectivity index (χ1n) is 9.27. The number of nitrogens with zero attached hydrogens (tertiary/aromatic N) is 2. The van der Waals surface area contributed by atoms with E-state index in [1.165, 1.54) is 11.8 Å². The summed E-state index contributed by atoms with van der Waals surface area (Å²) in [5.74, 6) is 0.753. The van der Waals surface area contributed by atoms with Gasteiger partial charge in [-0.05, 0) is 31.9 Å². The van der Waals surface area contributed by atoms with Crippen LogP contribution in [0.15, 0.2) is 41.1 Å². The third-order valence-electron chi connectivity index (χ3n) is 5.60. The molecule has 6 heteroatoms. The number of carbonyl (C=O) groups is 1. The number of pyridine rings is 1. The van der Waals surface area contributed by atoms with Crippen molar-refractivity contribution in [2.45, 2.75) is 38.0 Å². The number of benzene rings is 1. The summed E-state index contributed by atoms with van der Waals surface area (Å²) in [5, 5.41) is 7.78. The molecule has 1 aromatic carbocycles. The fourth-order valence-electron chi connectivity index (χ4n) is 4.10. The second kappa shape index (κ2) is 7.02. The fourth-order valence-corrected chi connectivity index (χ4v) is 4.10. The van der Waals surface area contributed by atoms with Crippen LogP contribution in [0.5, 0.6) is 5.75 Å². The lowest BCUT2D eigenvalue weighted by Crippen LogP contribution is -2.39. The van der Waals surface area contributed by atoms with Crippen molar-refractivity contribution in [3.63, 3.8) is 0 Å². The van der Waals surface area contributed by atoms with Crippen LogP contribution in [-0.4, -0.2) is 29.7 Å². The predicted molar refractivity (Wildman–Crippen MR) is 102 cm³/mol. The van der Waals surface area contributed by atoms with Crippen LogP contribution in [-0.2, 0) is 5.41 Å². The third-order valence-corrected chi connectivity index (χ3v) is 5.60. The molecule has 0 saturated heterocycles. The molecule has 1 fully saturated rings. The van der Waals surface area contributed by atoms with E-state index in [0.29, 0.717) is 17.8 Å². The van der Waals surface area contributed by atoms with Gasteiger partial charge in [-0.15, -0.1) is 0 Å². The van der Waals surface area contributed by atoms with Crippen molar-refractivity contribution in [1.29, 1.82) is 0 Å². The normalized spacial score (nSPS) is 15.8. The number of aromatic nitrogens is 2. The van der Waals surface area contributed by atoms with Gasteiger partial charge in [0.1, 0.15) is 5.75 Å². The first-order chi connectivity index (χ1) is 13.1. The number of hydrogen-bond donors (Lipinski definition) is 1. The number of para-hydroxylation sites is 1. The number of nitrogens with one attached hydrogen (secondary N) is 1. The average Bonchev–Trinajstić information content (AvgIpc) is 3.34. The van der Waals surface area contributed by atoms with Crippen LogP contribution in [0.25, 0.3) is 11.1 Å². The van der Waals surface area contributed by atoms with Crippen LogP contribution >= 0.6 is 0 Å². The van der Waals surface area contributed by atoms with Crippen molar-refractivity contribution in [2.75, 3.05) is 13.7 Å². The molecule has 2 heterocycles. The summed E-state index contributed by atoms with van der Waals surface area (Å²) in [6, 6.07) is 9.90. The SMILES string of the molecule is COc1ccccc1C1(CNC(=O)c2cnc3onc(C)c3c2)CCCC1. The zero-order chi connectivity index (χ0) is 18.9. The number of rotatable bonds is 5. The van der Waals surface area contributed by atoms with Gasteiger partial charge in [0.2, 0.25) is 0 Å². The molecule has 1 aliphatic carbocycles. The predicted octanol–water partition coefficient (Wildman–Crippen LogP) is 3.78. The van der Waals surface area contributed by atoms with Gasteiger partial charge in [-0.2, -0.15) is 0 Å². The summed E-state index contributed by atoms with van der Waals surface area (Å²) in [4.78, 5) is 17.0. The Morgan fingerprint density at radius 2 is 2.07 bits per heavy atom. The molecule has 2 aromatic heterocycles. The maximum atomic E-state index is 12.8. The van der Waals surface area contributed by atoms with Crippen LogP contribution in [0.1, 0.15) is 47.3 Å². The lowest BCUT2D eigenvalue weighted by molar-refractivity contribution is 0.0942. The molecule has 1 saturated carbocycles. The number of ether oxygens (including phenoxy) is 1. The van der Waals surface area contributed by atoms with E-state index >= 15 is 0 Å². The van der Waals surface area contributed by atoms with E-state index in [1.54, 1.807) is 13.2 Å². The molecule has 140 valence electrons. The van der Waals surface area contributed by atoms with Gasteiger partial charge in [-0.25, -0.2) is 4.98 Å². The molecular formula is C21H23N3O3. The van der Waals surface area contributed by atoms with Crippen LogP contribution in [0.2, 0.25) is 0 Å². The van der Waals surface area contributed by atoms with Crippen molar-refractivity contribution >= 4 is 17.0 Å². The zero-order valence-corrected chi connectivity index (χ0v) is 15.6. The first kappa shape index (κ1) is 17.5. The number of aryl methyl sites for hydroxylation is 1. The molecule has 3 aromatic rings. The molecule has 0 atom stereocenters. The lowest BCUT2D eigenvalue weighted by Gasteiger charge is -2.31. The molecule has 27 heavy (non-hydrogen) atoms. The van der Waals surface area contributed by atoms with Crippen LogP contribution < -0.4 is 10.1 Å². The summed E-state index contributed by atoms with van der Waals surface area (Å²) in [5.41, 5.74) is 2.78. The second-order valence-corrected chi connectivity index (χ2v) is 7.22. The highest BCUT2D eigenvalue weighted by molar-refractivity contribution is 5.97. The van der Waals surface area contributed by atoms with Crippen LogP contribution in [0.4, 0.5) is 0 Å². The highest BCUT2D eigenvalue weighted by Crippen LogP contribution is 2.44. The number of hydrogen-bond acceptors (Lipinski definition) is 5. The van der Waals surface area contributed by atoms with E-state index in [2.05, 4.69) is 21.5 Å². The van der Waals surface area contributed by atoms with Gasteiger partial charge >= 0.3 is 0 Å². The Labute approximate surface area is 157 Å². The lowest BCUT2D eigenvalue weighted by atomic mass is 9.78. The number of fused-ring (bicyclic) bond motifs is 1. The maximum Gasteiger partial charge on any atom is 0.257 e. The monoisotopic (exact) mass is 365 g/mol. The summed E-state index contributed by atoms with van der Waals surface area (Å²) >= 11 is 0. The summed E-state index contributed by atoms with van der Waals surface area (Å²) in [7, 11) is 1.70. The Bertz CT molecular complexity index is 974. The molecule has 0 aliphatic heterocycles. The summed E-state index contributed by atoms with van der Waals surface area (Å²) < 4.78 is 10.7. The Hall–Kier alpha value is -2.89. The average molecular weight is 365 g/mol. The Morgan fingerprint density at radius 1 is 1.30 bits per heavy atom. The molecule has 0 bridgehead atoms. The Morgan fingerprint density at radius 3 is 2.85 bits per heavy atom. The summed E-state index contributed by atoms with van der Waals surface area (Å²) in [6.07, 6.45) is 5.92. The second-order valence-electron chi connectivity index (χ2n) is 7.22. The van der Waals surface area contributed by atoms with Crippen molar-refractivity contribution < 1.29 is 14.1 Å². The minimum Gasteiger partial charge on any atom is -0.496 e. The van der Waals surface area contributed by atoms with E-state index < -0.39 is 0 Å². The van der Waals surface area contributed by atoms with Gasteiger partial charge < -0.3 is 14.6 Å². The number of amides is 1. The van der Waals surface area contributed by atoms with E-state index in [9.17, 15) is 4.79 Å². The van der Waals surface area contributed by atoms with E-state index in [1.807, 2.05) is 25.1 Å². The largest absolute Gasteiger partial charge is 0.496 e. The molecule has 4 rings (SSSR count). The molecule has 1 aliphatic rings. The minimum absolute atomic E-state index is 0.0904. The Kier molecular flexibility index (Phi) is 4.56. The molecule has 1 amide bonds. The molecule has 0 radical (unpaired) electrons. The van der Waals surface area contributed by atoms with Gasteiger partial charge in [-0.3, -0.25) is 4.79 Å². The van der Waals surface area contributed by atoms with Gasteiger partial charge in [0.05, 0.1) is 23.8 Å². The van der Waals surface area contributed by atoms with Crippen LogP contribution in [0, 0.1) is 6.92 Å². The molecule has 0 unspecified atom stereocenters. The maximum absolute atomic E-state index is 12.8. The van der Waals surface area contributed by atoms with Crippen molar-refractivity contribution in [1.82, 2.24) is 15.5 Å². The van der Waals surface area contributed by atoms with Crippen molar-refractivity contribution in [3.8, 4) is 5.75 Å². The van der Waals surface area contributed by atoms with Crippen molar-refractivity contribution in [3.05, 3.63) is 53.3 Å². The first-order valence-corrected chi connectivity index (χ1v) is 9.27. The quantitative estimate of drug-likeness (QED) is 0.744. The van der Waals surface area contributed by atoms with E-state index in [4.69, 9.17) is 9.26 Å². The zero-order valence-electron chi connectivity index (χ0n) is 15.6. The molecular weight excluding hydrogens is 342 g/mol. The third kappa shape index (κ3) is 3.16. The Balaban J connectivity index is 1.57. The minimum atomic E-state index is -0.133. The topological polar surface area (TPSA) is 77.2 Å². The smallest absolute Gasteiger partial charge is 0.257 e.